The SMILES string of the molecule is COc1nnc(OC)c(S(=O)c2ccc(C)cc2)c1C(C)O. The molecule has 1 N–H and O–H groups in total. The van der Waals surface area contributed by atoms with E-state index in [1.807, 2.05) is 19.1 Å². The van der Waals surface area contributed by atoms with E-state index in [1.54, 1.807) is 19.1 Å². The van der Waals surface area contributed by atoms with E-state index < -0.39 is 16.9 Å². The molecule has 0 aliphatic rings. The summed E-state index contributed by atoms with van der Waals surface area (Å²) in [6, 6.07) is 7.27. The normalized spacial score (nSPS) is 13.5. The third kappa shape index (κ3) is 3.10. The average Bonchev–Trinajstić information content (AvgIpc) is 2.53. The smallest absolute Gasteiger partial charge is 0.250 e. The summed E-state index contributed by atoms with van der Waals surface area (Å²) >= 11 is 0. The molecule has 0 saturated heterocycles. The predicted molar refractivity (Wildman–Crippen MR) is 81.6 cm³/mol. The molecule has 6 nitrogen and oxygen atoms in total. The van der Waals surface area contributed by atoms with Gasteiger partial charge in [0, 0.05) is 4.90 Å². The summed E-state index contributed by atoms with van der Waals surface area (Å²) in [5.41, 5.74) is 1.38. The van der Waals surface area contributed by atoms with Crippen molar-refractivity contribution < 1.29 is 18.8 Å². The number of benzene rings is 1. The Morgan fingerprint density at radius 1 is 1.09 bits per heavy atom. The topological polar surface area (TPSA) is 81.5 Å². The van der Waals surface area contributed by atoms with Crippen LogP contribution in [0.4, 0.5) is 0 Å². The first-order valence-corrected chi connectivity index (χ1v) is 7.79. The lowest BCUT2D eigenvalue weighted by Gasteiger charge is -2.16. The summed E-state index contributed by atoms with van der Waals surface area (Å²) in [5.74, 6) is 0.238. The lowest BCUT2D eigenvalue weighted by molar-refractivity contribution is 0.187. The van der Waals surface area contributed by atoms with Gasteiger partial charge in [-0.15, -0.1) is 10.2 Å². The fourth-order valence-corrected chi connectivity index (χ4v) is 3.37. The van der Waals surface area contributed by atoms with Crippen molar-refractivity contribution in [1.29, 1.82) is 0 Å². The number of aliphatic hydroxyl groups is 1. The first-order chi connectivity index (χ1) is 10.5. The second kappa shape index (κ2) is 6.85. The molecule has 0 amide bonds. The molecule has 0 spiro atoms. The second-order valence-electron chi connectivity index (χ2n) is 4.72. The van der Waals surface area contributed by atoms with Gasteiger partial charge in [-0.05, 0) is 26.0 Å². The van der Waals surface area contributed by atoms with Gasteiger partial charge in [0.15, 0.2) is 0 Å². The number of rotatable bonds is 5. The fraction of sp³-hybridized carbons (Fsp3) is 0.333. The molecule has 0 aliphatic heterocycles. The Morgan fingerprint density at radius 3 is 2.14 bits per heavy atom. The molecule has 2 aromatic rings. The number of aromatic nitrogens is 2. The van der Waals surface area contributed by atoms with Crippen LogP contribution in [-0.2, 0) is 10.8 Å². The molecule has 1 heterocycles. The van der Waals surface area contributed by atoms with Crippen molar-refractivity contribution in [2.24, 2.45) is 0 Å². The highest BCUT2D eigenvalue weighted by Crippen LogP contribution is 2.35. The lowest BCUT2D eigenvalue weighted by Crippen LogP contribution is -2.10. The van der Waals surface area contributed by atoms with Crippen molar-refractivity contribution in [1.82, 2.24) is 10.2 Å². The molecule has 7 heteroatoms. The van der Waals surface area contributed by atoms with Crippen LogP contribution in [0.3, 0.4) is 0 Å². The van der Waals surface area contributed by atoms with Crippen LogP contribution in [0.5, 0.6) is 11.8 Å². The van der Waals surface area contributed by atoms with Gasteiger partial charge in [0.25, 0.3) is 5.88 Å². The first kappa shape index (κ1) is 16.4. The summed E-state index contributed by atoms with van der Waals surface area (Å²) in [6.45, 7) is 3.50. The highest BCUT2D eigenvalue weighted by Gasteiger charge is 2.26. The van der Waals surface area contributed by atoms with Gasteiger partial charge in [-0.3, -0.25) is 0 Å². The Labute approximate surface area is 131 Å². The molecule has 0 saturated carbocycles. The van der Waals surface area contributed by atoms with E-state index in [2.05, 4.69) is 10.2 Å². The minimum Gasteiger partial charge on any atom is -0.480 e. The standard InChI is InChI=1S/C15H18N2O4S/c1-9-5-7-11(8-6-9)22(19)13-12(10(2)18)14(20-3)16-17-15(13)21-4/h5-8,10,18H,1-4H3. The summed E-state index contributed by atoms with van der Waals surface area (Å²) < 4.78 is 23.2. The van der Waals surface area contributed by atoms with E-state index >= 15 is 0 Å². The van der Waals surface area contributed by atoms with E-state index in [-0.39, 0.29) is 16.7 Å². The van der Waals surface area contributed by atoms with Crippen LogP contribution in [0.15, 0.2) is 34.1 Å². The van der Waals surface area contributed by atoms with Gasteiger partial charge in [0.2, 0.25) is 5.88 Å². The highest BCUT2D eigenvalue weighted by atomic mass is 32.2. The fourth-order valence-electron chi connectivity index (χ4n) is 2.01. The average molecular weight is 322 g/mol. The molecule has 0 bridgehead atoms. The van der Waals surface area contributed by atoms with Crippen molar-refractivity contribution in [2.45, 2.75) is 29.7 Å². The van der Waals surface area contributed by atoms with Crippen molar-refractivity contribution in [3.8, 4) is 11.8 Å². The summed E-state index contributed by atoms with van der Waals surface area (Å²) in [4.78, 5) is 0.856. The van der Waals surface area contributed by atoms with Gasteiger partial charge in [0.1, 0.15) is 4.90 Å². The zero-order valence-corrected chi connectivity index (χ0v) is 13.7. The van der Waals surface area contributed by atoms with Gasteiger partial charge in [-0.25, -0.2) is 4.21 Å². The third-order valence-corrected chi connectivity index (χ3v) is 4.59. The summed E-state index contributed by atoms with van der Waals surface area (Å²) in [6.07, 6.45) is -0.927. The Balaban J connectivity index is 2.65. The lowest BCUT2D eigenvalue weighted by atomic mass is 10.2. The minimum atomic E-state index is -1.58. The van der Waals surface area contributed by atoms with Crippen molar-refractivity contribution in [2.75, 3.05) is 14.2 Å². The summed E-state index contributed by atoms with van der Waals surface area (Å²) in [7, 11) is 1.25. The number of hydrogen-bond acceptors (Lipinski definition) is 6. The molecule has 0 aliphatic carbocycles. The molecule has 1 aromatic carbocycles. The Kier molecular flexibility index (Phi) is 5.10. The summed E-state index contributed by atoms with van der Waals surface area (Å²) in [5, 5.41) is 17.8. The van der Waals surface area contributed by atoms with E-state index in [0.29, 0.717) is 10.5 Å². The first-order valence-electron chi connectivity index (χ1n) is 6.64. The van der Waals surface area contributed by atoms with Crippen molar-refractivity contribution >= 4 is 10.8 Å². The number of aryl methyl sites for hydroxylation is 1. The zero-order chi connectivity index (χ0) is 16.3. The van der Waals surface area contributed by atoms with Crippen LogP contribution >= 0.6 is 0 Å². The molecule has 118 valence electrons. The molecule has 1 aromatic heterocycles. The molecule has 2 atom stereocenters. The van der Waals surface area contributed by atoms with E-state index in [9.17, 15) is 9.32 Å². The molecule has 2 unspecified atom stereocenters. The molecule has 22 heavy (non-hydrogen) atoms. The second-order valence-corrected chi connectivity index (χ2v) is 6.14. The largest absolute Gasteiger partial charge is 0.480 e. The number of ether oxygens (including phenoxy) is 2. The van der Waals surface area contributed by atoms with Gasteiger partial charge < -0.3 is 14.6 Å². The van der Waals surface area contributed by atoms with Crippen LogP contribution in [0.2, 0.25) is 0 Å². The Bertz CT molecular complexity index is 687. The van der Waals surface area contributed by atoms with E-state index in [1.165, 1.54) is 14.2 Å². The number of aliphatic hydroxyl groups excluding tert-OH is 1. The molecular formula is C15H18N2O4S. The quantitative estimate of drug-likeness (QED) is 0.907. The van der Waals surface area contributed by atoms with Crippen LogP contribution < -0.4 is 9.47 Å². The van der Waals surface area contributed by atoms with Gasteiger partial charge in [-0.1, -0.05) is 17.7 Å². The monoisotopic (exact) mass is 322 g/mol. The van der Waals surface area contributed by atoms with Gasteiger partial charge >= 0.3 is 0 Å². The maximum Gasteiger partial charge on any atom is 0.250 e. The van der Waals surface area contributed by atoms with Crippen molar-refractivity contribution in [3.05, 3.63) is 35.4 Å². The Morgan fingerprint density at radius 2 is 1.64 bits per heavy atom. The number of hydrogen-bond donors (Lipinski definition) is 1. The number of nitrogens with zero attached hydrogens (tertiary/aromatic N) is 2. The Hall–Kier alpha value is -1.99. The van der Waals surface area contributed by atoms with Crippen LogP contribution in [0, 0.1) is 6.92 Å². The van der Waals surface area contributed by atoms with Crippen LogP contribution in [-0.4, -0.2) is 33.7 Å². The number of methoxy groups -OCH3 is 2. The van der Waals surface area contributed by atoms with E-state index in [4.69, 9.17) is 9.47 Å². The van der Waals surface area contributed by atoms with Crippen LogP contribution in [0.1, 0.15) is 24.2 Å². The van der Waals surface area contributed by atoms with Gasteiger partial charge in [0.05, 0.1) is 36.7 Å². The third-order valence-electron chi connectivity index (χ3n) is 3.13. The molecule has 2 rings (SSSR count). The maximum atomic E-state index is 12.9. The minimum absolute atomic E-state index is 0.107. The van der Waals surface area contributed by atoms with Crippen molar-refractivity contribution in [3.63, 3.8) is 0 Å². The van der Waals surface area contributed by atoms with Gasteiger partial charge in [-0.2, -0.15) is 0 Å². The maximum absolute atomic E-state index is 12.9. The molecule has 0 fully saturated rings. The zero-order valence-electron chi connectivity index (χ0n) is 12.9. The highest BCUT2D eigenvalue weighted by molar-refractivity contribution is 7.85. The predicted octanol–water partition coefficient (Wildman–Crippen LogP) is 2.02. The van der Waals surface area contributed by atoms with E-state index in [0.717, 1.165) is 5.56 Å². The molecule has 0 radical (unpaired) electrons. The molecular weight excluding hydrogens is 304 g/mol. The van der Waals surface area contributed by atoms with Crippen LogP contribution in [0.25, 0.3) is 0 Å².